The van der Waals surface area contributed by atoms with Crippen LogP contribution in [0.2, 0.25) is 0 Å². The summed E-state index contributed by atoms with van der Waals surface area (Å²) >= 11 is 0. The molecule has 2 atom stereocenters. The van der Waals surface area contributed by atoms with E-state index in [1.54, 1.807) is 14.1 Å². The molecule has 2 heterocycles. The van der Waals surface area contributed by atoms with Gasteiger partial charge in [-0.05, 0) is 36.4 Å². The SMILES string of the molecule is CN(C)C(=O)[C@H]1CC[C@@H](C(=O)Nc2ccc3cc[nH]c3c2)O1. The first-order valence-corrected chi connectivity index (χ1v) is 7.29. The molecule has 2 N–H and O–H groups in total. The Bertz CT molecular complexity index is 707. The standard InChI is InChI=1S/C16H19N3O3/c1-19(2)16(21)14-6-5-13(22-14)15(20)18-11-4-3-10-7-8-17-12(10)9-11/h3-4,7-9,13-14,17H,5-6H2,1-2H3,(H,18,20)/t13-,14+/m0/s1. The molecule has 2 amide bonds. The number of aromatic nitrogens is 1. The maximum absolute atomic E-state index is 12.3. The first-order valence-electron chi connectivity index (χ1n) is 7.29. The summed E-state index contributed by atoms with van der Waals surface area (Å²) in [4.78, 5) is 28.7. The first-order chi connectivity index (χ1) is 10.5. The van der Waals surface area contributed by atoms with Crippen molar-refractivity contribution in [2.24, 2.45) is 0 Å². The Balaban J connectivity index is 1.64. The van der Waals surface area contributed by atoms with Crippen molar-refractivity contribution < 1.29 is 14.3 Å². The van der Waals surface area contributed by atoms with Crippen LogP contribution in [0.5, 0.6) is 0 Å². The van der Waals surface area contributed by atoms with Gasteiger partial charge in [0.05, 0.1) is 0 Å². The Hall–Kier alpha value is -2.34. The Kier molecular flexibility index (Phi) is 3.85. The monoisotopic (exact) mass is 301 g/mol. The second kappa shape index (κ2) is 5.81. The third kappa shape index (κ3) is 2.82. The molecule has 6 heteroatoms. The fourth-order valence-electron chi connectivity index (χ4n) is 2.65. The van der Waals surface area contributed by atoms with Gasteiger partial charge in [0, 0.05) is 31.5 Å². The number of amides is 2. The number of H-pyrrole nitrogens is 1. The Labute approximate surface area is 128 Å². The summed E-state index contributed by atoms with van der Waals surface area (Å²) in [5.74, 6) is -0.303. The van der Waals surface area contributed by atoms with Crippen molar-refractivity contribution in [2.75, 3.05) is 19.4 Å². The van der Waals surface area contributed by atoms with Crippen molar-refractivity contribution >= 4 is 28.4 Å². The molecule has 1 aromatic carbocycles. The van der Waals surface area contributed by atoms with Gasteiger partial charge in [-0.1, -0.05) is 6.07 Å². The van der Waals surface area contributed by atoms with Gasteiger partial charge in [-0.15, -0.1) is 0 Å². The molecular weight excluding hydrogens is 282 g/mol. The highest BCUT2D eigenvalue weighted by atomic mass is 16.5. The quantitative estimate of drug-likeness (QED) is 0.907. The molecule has 1 aromatic heterocycles. The molecular formula is C16H19N3O3. The topological polar surface area (TPSA) is 74.4 Å². The van der Waals surface area contributed by atoms with Crippen LogP contribution in [0.4, 0.5) is 5.69 Å². The first kappa shape index (κ1) is 14.6. The predicted molar refractivity (Wildman–Crippen MR) is 83.5 cm³/mol. The van der Waals surface area contributed by atoms with E-state index in [9.17, 15) is 9.59 Å². The zero-order chi connectivity index (χ0) is 15.7. The second-order valence-corrected chi connectivity index (χ2v) is 5.69. The maximum atomic E-state index is 12.3. The number of nitrogens with one attached hydrogen (secondary N) is 2. The van der Waals surface area contributed by atoms with Crippen molar-refractivity contribution in [1.29, 1.82) is 0 Å². The Morgan fingerprint density at radius 3 is 2.77 bits per heavy atom. The average Bonchev–Trinajstić information content (AvgIpc) is 3.14. The number of benzene rings is 1. The molecule has 1 aliphatic rings. The zero-order valence-corrected chi connectivity index (χ0v) is 12.6. The van der Waals surface area contributed by atoms with Gasteiger partial charge in [-0.3, -0.25) is 9.59 Å². The lowest BCUT2D eigenvalue weighted by atomic mass is 10.1. The summed E-state index contributed by atoms with van der Waals surface area (Å²) in [6.45, 7) is 0. The van der Waals surface area contributed by atoms with E-state index in [0.717, 1.165) is 10.9 Å². The molecule has 1 aliphatic heterocycles. The number of aromatic amines is 1. The van der Waals surface area contributed by atoms with Crippen LogP contribution < -0.4 is 5.32 Å². The Morgan fingerprint density at radius 2 is 2.00 bits per heavy atom. The van der Waals surface area contributed by atoms with Crippen LogP contribution in [0.3, 0.4) is 0 Å². The number of hydrogen-bond donors (Lipinski definition) is 2. The molecule has 3 rings (SSSR count). The van der Waals surface area contributed by atoms with Gasteiger partial charge in [-0.25, -0.2) is 0 Å². The number of nitrogens with zero attached hydrogens (tertiary/aromatic N) is 1. The fourth-order valence-corrected chi connectivity index (χ4v) is 2.65. The van der Waals surface area contributed by atoms with E-state index in [2.05, 4.69) is 10.3 Å². The predicted octanol–water partition coefficient (Wildman–Crippen LogP) is 1.74. The van der Waals surface area contributed by atoms with E-state index in [-0.39, 0.29) is 11.8 Å². The molecule has 0 unspecified atom stereocenters. The van der Waals surface area contributed by atoms with E-state index < -0.39 is 12.2 Å². The minimum Gasteiger partial charge on any atom is -0.361 e. The van der Waals surface area contributed by atoms with Gasteiger partial charge in [0.25, 0.3) is 11.8 Å². The Morgan fingerprint density at radius 1 is 1.23 bits per heavy atom. The summed E-state index contributed by atoms with van der Waals surface area (Å²) < 4.78 is 5.58. The molecule has 2 aromatic rings. The summed E-state index contributed by atoms with van der Waals surface area (Å²) in [5.41, 5.74) is 1.68. The number of rotatable bonds is 3. The number of fused-ring (bicyclic) bond motifs is 1. The molecule has 1 saturated heterocycles. The van der Waals surface area contributed by atoms with E-state index in [0.29, 0.717) is 18.5 Å². The third-order valence-corrected chi connectivity index (χ3v) is 3.85. The number of carbonyl (C=O) groups is 2. The van der Waals surface area contributed by atoms with Crippen molar-refractivity contribution in [3.05, 3.63) is 30.5 Å². The minimum atomic E-state index is -0.576. The molecule has 6 nitrogen and oxygen atoms in total. The molecule has 0 bridgehead atoms. The van der Waals surface area contributed by atoms with Crippen LogP contribution in [-0.2, 0) is 14.3 Å². The fraction of sp³-hybridized carbons (Fsp3) is 0.375. The lowest BCUT2D eigenvalue weighted by Crippen LogP contribution is -2.35. The smallest absolute Gasteiger partial charge is 0.253 e. The van der Waals surface area contributed by atoms with Gasteiger partial charge in [0.15, 0.2) is 0 Å². The van der Waals surface area contributed by atoms with Gasteiger partial charge in [-0.2, -0.15) is 0 Å². The number of likely N-dealkylation sites (N-methyl/N-ethyl adjacent to an activating group) is 1. The second-order valence-electron chi connectivity index (χ2n) is 5.69. The lowest BCUT2D eigenvalue weighted by Gasteiger charge is -2.17. The lowest BCUT2D eigenvalue weighted by molar-refractivity contribution is -0.143. The largest absolute Gasteiger partial charge is 0.361 e. The number of carbonyl (C=O) groups excluding carboxylic acids is 2. The third-order valence-electron chi connectivity index (χ3n) is 3.85. The maximum Gasteiger partial charge on any atom is 0.253 e. The number of hydrogen-bond acceptors (Lipinski definition) is 3. The van der Waals surface area contributed by atoms with Crippen molar-refractivity contribution in [2.45, 2.75) is 25.0 Å². The van der Waals surface area contributed by atoms with Gasteiger partial charge in [0.1, 0.15) is 12.2 Å². The zero-order valence-electron chi connectivity index (χ0n) is 12.6. The summed E-state index contributed by atoms with van der Waals surface area (Å²) in [6.07, 6.45) is 1.89. The molecule has 0 aliphatic carbocycles. The molecule has 0 radical (unpaired) electrons. The summed E-state index contributed by atoms with van der Waals surface area (Å²) in [7, 11) is 3.37. The van der Waals surface area contributed by atoms with Crippen LogP contribution in [-0.4, -0.2) is 48.0 Å². The van der Waals surface area contributed by atoms with Crippen molar-refractivity contribution in [1.82, 2.24) is 9.88 Å². The van der Waals surface area contributed by atoms with E-state index in [1.807, 2.05) is 30.5 Å². The minimum absolute atomic E-state index is 0.0943. The van der Waals surface area contributed by atoms with E-state index in [1.165, 1.54) is 4.90 Å². The number of ether oxygens (including phenoxy) is 1. The molecule has 1 fully saturated rings. The molecule has 0 saturated carbocycles. The summed E-state index contributed by atoms with van der Waals surface area (Å²) in [5, 5.41) is 3.94. The summed E-state index contributed by atoms with van der Waals surface area (Å²) in [6, 6.07) is 7.64. The van der Waals surface area contributed by atoms with Crippen molar-refractivity contribution in [3.63, 3.8) is 0 Å². The van der Waals surface area contributed by atoms with Gasteiger partial charge >= 0.3 is 0 Å². The van der Waals surface area contributed by atoms with Crippen LogP contribution in [0.1, 0.15) is 12.8 Å². The van der Waals surface area contributed by atoms with E-state index in [4.69, 9.17) is 4.74 Å². The van der Waals surface area contributed by atoms with Crippen LogP contribution in [0.15, 0.2) is 30.5 Å². The van der Waals surface area contributed by atoms with Crippen LogP contribution >= 0.6 is 0 Å². The van der Waals surface area contributed by atoms with Gasteiger partial charge in [0.2, 0.25) is 0 Å². The van der Waals surface area contributed by atoms with Crippen LogP contribution in [0, 0.1) is 0 Å². The van der Waals surface area contributed by atoms with Crippen LogP contribution in [0.25, 0.3) is 10.9 Å². The highest BCUT2D eigenvalue weighted by Gasteiger charge is 2.35. The van der Waals surface area contributed by atoms with Gasteiger partial charge < -0.3 is 19.9 Å². The highest BCUT2D eigenvalue weighted by molar-refractivity contribution is 5.96. The molecule has 22 heavy (non-hydrogen) atoms. The normalized spacial score (nSPS) is 21.0. The number of anilines is 1. The average molecular weight is 301 g/mol. The highest BCUT2D eigenvalue weighted by Crippen LogP contribution is 2.23. The van der Waals surface area contributed by atoms with E-state index >= 15 is 0 Å². The van der Waals surface area contributed by atoms with Crippen molar-refractivity contribution in [3.8, 4) is 0 Å². The molecule has 0 spiro atoms. The molecule has 116 valence electrons.